The van der Waals surface area contributed by atoms with E-state index in [2.05, 4.69) is 5.32 Å². The number of rotatable bonds is 5. The molecule has 0 heterocycles. The van der Waals surface area contributed by atoms with Gasteiger partial charge in [0.15, 0.2) is 5.05 Å². The van der Waals surface area contributed by atoms with E-state index in [9.17, 15) is 9.18 Å². The molecule has 116 valence electrons. The molecule has 3 nitrogen and oxygen atoms in total. The lowest BCUT2D eigenvalue weighted by Gasteiger charge is -2.14. The van der Waals surface area contributed by atoms with Crippen LogP contribution in [-0.4, -0.2) is 17.1 Å². The normalized spacial score (nSPS) is 10.9. The number of hydrogen-bond acceptors (Lipinski definition) is 3. The van der Waals surface area contributed by atoms with E-state index in [4.69, 9.17) is 28.6 Å². The van der Waals surface area contributed by atoms with Gasteiger partial charge in [0.25, 0.3) is 0 Å². The Bertz CT molecular complexity index is 547. The van der Waals surface area contributed by atoms with E-state index in [1.54, 1.807) is 13.8 Å². The summed E-state index contributed by atoms with van der Waals surface area (Å²) < 4.78 is 19.2. The molecule has 0 radical (unpaired) electrons. The van der Waals surface area contributed by atoms with Crippen molar-refractivity contribution in [3.8, 4) is 0 Å². The molecule has 1 aromatic rings. The Morgan fingerprint density at radius 1 is 1.38 bits per heavy atom. The van der Waals surface area contributed by atoms with Gasteiger partial charge in [0.2, 0.25) is 5.91 Å². The van der Waals surface area contributed by atoms with Crippen molar-refractivity contribution in [3.63, 3.8) is 0 Å². The van der Waals surface area contributed by atoms with Crippen LogP contribution in [0.5, 0.6) is 0 Å². The Kier molecular flexibility index (Phi) is 6.55. The van der Waals surface area contributed by atoms with Crippen LogP contribution in [0, 0.1) is 11.7 Å². The molecule has 0 saturated carbocycles. The van der Waals surface area contributed by atoms with E-state index in [1.165, 1.54) is 12.1 Å². The maximum atomic E-state index is 13.8. The van der Waals surface area contributed by atoms with Gasteiger partial charge >= 0.3 is 0 Å². The van der Waals surface area contributed by atoms with Crippen LogP contribution < -0.4 is 5.32 Å². The van der Waals surface area contributed by atoms with Crippen LogP contribution in [0.1, 0.15) is 33.3 Å². The van der Waals surface area contributed by atoms with Gasteiger partial charge in [-0.05, 0) is 43.8 Å². The van der Waals surface area contributed by atoms with Gasteiger partial charge in [-0.15, -0.1) is 0 Å². The van der Waals surface area contributed by atoms with Gasteiger partial charge in [-0.2, -0.15) is 0 Å². The molecule has 0 aliphatic heterocycles. The third-order valence-electron chi connectivity index (χ3n) is 2.62. The minimum Gasteiger partial charge on any atom is -0.484 e. The van der Waals surface area contributed by atoms with Gasteiger partial charge in [0, 0.05) is 17.4 Å². The molecule has 1 N–H and O–H groups in total. The van der Waals surface area contributed by atoms with E-state index in [-0.39, 0.29) is 35.1 Å². The molecule has 0 aromatic heterocycles. The first-order chi connectivity index (χ1) is 9.70. The monoisotopic (exact) mass is 331 g/mol. The van der Waals surface area contributed by atoms with Gasteiger partial charge in [-0.1, -0.05) is 25.4 Å². The first-order valence-electron chi connectivity index (χ1n) is 6.69. The van der Waals surface area contributed by atoms with Crippen molar-refractivity contribution in [2.45, 2.75) is 40.2 Å². The fourth-order valence-corrected chi connectivity index (χ4v) is 2.13. The predicted octanol–water partition coefficient (Wildman–Crippen LogP) is 4.37. The minimum atomic E-state index is -0.576. The first kappa shape index (κ1) is 17.9. The van der Waals surface area contributed by atoms with Crippen molar-refractivity contribution >= 4 is 40.5 Å². The Labute approximate surface area is 134 Å². The van der Waals surface area contributed by atoms with Gasteiger partial charge in [0.05, 0.1) is 11.8 Å². The Morgan fingerprint density at radius 3 is 2.52 bits per heavy atom. The number of benzene rings is 1. The highest BCUT2D eigenvalue weighted by molar-refractivity contribution is 7.80. The summed E-state index contributed by atoms with van der Waals surface area (Å²) in [5.41, 5.74) is 0.711. The molecule has 21 heavy (non-hydrogen) atoms. The summed E-state index contributed by atoms with van der Waals surface area (Å²) in [5, 5.41) is 3.16. The molecular formula is C15H19ClFNO2S. The molecule has 1 amide bonds. The van der Waals surface area contributed by atoms with Crippen LogP contribution in [0.25, 0.3) is 0 Å². The number of amides is 1. The number of anilines is 1. The second-order valence-corrected chi connectivity index (χ2v) is 6.15. The van der Waals surface area contributed by atoms with Gasteiger partial charge in [0.1, 0.15) is 5.82 Å². The number of nitrogens with one attached hydrogen (secondary N) is 1. The minimum absolute atomic E-state index is 0.0307. The quantitative estimate of drug-likeness (QED) is 0.814. The lowest BCUT2D eigenvalue weighted by molar-refractivity contribution is -0.118. The lowest BCUT2D eigenvalue weighted by Crippen LogP contribution is -2.19. The molecule has 0 aliphatic carbocycles. The SMILES string of the molecule is CC(C)OC(=S)Cc1cc(NC(=O)C(C)C)c(F)cc1Cl. The summed E-state index contributed by atoms with van der Waals surface area (Å²) >= 11 is 11.1. The molecule has 1 rings (SSSR count). The highest BCUT2D eigenvalue weighted by Gasteiger charge is 2.15. The van der Waals surface area contributed by atoms with Crippen LogP contribution in [0.2, 0.25) is 5.02 Å². The largest absolute Gasteiger partial charge is 0.484 e. The number of carbonyl (C=O) groups is 1. The molecule has 6 heteroatoms. The summed E-state index contributed by atoms with van der Waals surface area (Å²) in [6.45, 7) is 7.20. The fourth-order valence-electron chi connectivity index (χ4n) is 1.56. The summed E-state index contributed by atoms with van der Waals surface area (Å²) in [6, 6.07) is 2.67. The maximum Gasteiger partial charge on any atom is 0.227 e. The molecule has 0 bridgehead atoms. The predicted molar refractivity (Wildman–Crippen MR) is 87.4 cm³/mol. The van der Waals surface area contributed by atoms with E-state index in [1.807, 2.05) is 13.8 Å². The summed E-state index contributed by atoms with van der Waals surface area (Å²) in [6.07, 6.45) is 0.258. The van der Waals surface area contributed by atoms with Crippen molar-refractivity contribution in [1.82, 2.24) is 0 Å². The summed E-state index contributed by atoms with van der Waals surface area (Å²) in [5.74, 6) is -1.08. The van der Waals surface area contributed by atoms with Crippen LogP contribution in [0.4, 0.5) is 10.1 Å². The molecule has 0 atom stereocenters. The summed E-state index contributed by atoms with van der Waals surface area (Å²) in [7, 11) is 0. The molecule has 0 spiro atoms. The summed E-state index contributed by atoms with van der Waals surface area (Å²) in [4.78, 5) is 11.7. The zero-order valence-corrected chi connectivity index (χ0v) is 14.1. The van der Waals surface area contributed by atoms with E-state index in [0.29, 0.717) is 10.6 Å². The van der Waals surface area contributed by atoms with Crippen LogP contribution >= 0.6 is 23.8 Å². The first-order valence-corrected chi connectivity index (χ1v) is 7.47. The fraction of sp³-hybridized carbons (Fsp3) is 0.467. The average Bonchev–Trinajstić information content (AvgIpc) is 2.33. The van der Waals surface area contributed by atoms with Gasteiger partial charge < -0.3 is 10.1 Å². The molecule has 1 aromatic carbocycles. The number of ether oxygens (including phenoxy) is 1. The van der Waals surface area contributed by atoms with Crippen molar-refractivity contribution in [1.29, 1.82) is 0 Å². The zero-order chi connectivity index (χ0) is 16.2. The molecular weight excluding hydrogens is 313 g/mol. The van der Waals surface area contributed by atoms with Gasteiger partial charge in [-0.3, -0.25) is 4.79 Å². The maximum absolute atomic E-state index is 13.8. The number of halogens is 2. The van der Waals surface area contributed by atoms with Crippen LogP contribution in [0.15, 0.2) is 12.1 Å². The van der Waals surface area contributed by atoms with Crippen LogP contribution in [0.3, 0.4) is 0 Å². The lowest BCUT2D eigenvalue weighted by atomic mass is 10.1. The van der Waals surface area contributed by atoms with Crippen molar-refractivity contribution in [2.75, 3.05) is 5.32 Å². The second-order valence-electron chi connectivity index (χ2n) is 5.28. The third-order valence-corrected chi connectivity index (χ3v) is 3.21. The molecule has 0 unspecified atom stereocenters. The Morgan fingerprint density at radius 2 is 2.00 bits per heavy atom. The average molecular weight is 332 g/mol. The zero-order valence-electron chi connectivity index (χ0n) is 12.5. The smallest absolute Gasteiger partial charge is 0.227 e. The molecule has 0 fully saturated rings. The Balaban J connectivity index is 2.95. The number of carbonyl (C=O) groups excluding carboxylic acids is 1. The molecule has 0 aliphatic rings. The number of thiocarbonyl (C=S) groups is 1. The number of hydrogen-bond donors (Lipinski definition) is 1. The third kappa shape index (κ3) is 5.59. The highest BCUT2D eigenvalue weighted by Crippen LogP contribution is 2.25. The van der Waals surface area contributed by atoms with Crippen LogP contribution in [-0.2, 0) is 16.0 Å². The Hall–Kier alpha value is -1.20. The topological polar surface area (TPSA) is 38.3 Å². The van der Waals surface area contributed by atoms with Crippen molar-refractivity contribution < 1.29 is 13.9 Å². The van der Waals surface area contributed by atoms with Crippen molar-refractivity contribution in [2.24, 2.45) is 5.92 Å². The second kappa shape index (κ2) is 7.71. The van der Waals surface area contributed by atoms with E-state index in [0.717, 1.165) is 0 Å². The van der Waals surface area contributed by atoms with Gasteiger partial charge in [-0.25, -0.2) is 4.39 Å². The highest BCUT2D eigenvalue weighted by atomic mass is 35.5. The van der Waals surface area contributed by atoms with E-state index >= 15 is 0 Å². The van der Waals surface area contributed by atoms with E-state index < -0.39 is 5.82 Å². The standard InChI is InChI=1S/C15H19ClFNO2S/c1-8(2)15(19)18-13-5-10(11(16)7-12(13)17)6-14(21)20-9(3)4/h5,7-9H,6H2,1-4H3,(H,18,19). The molecule has 0 saturated heterocycles. The van der Waals surface area contributed by atoms with Crippen molar-refractivity contribution in [3.05, 3.63) is 28.5 Å².